The van der Waals surface area contributed by atoms with E-state index in [-0.39, 0.29) is 12.1 Å². The summed E-state index contributed by atoms with van der Waals surface area (Å²) in [4.78, 5) is 21.8. The predicted octanol–water partition coefficient (Wildman–Crippen LogP) is 3.09. The maximum Gasteiger partial charge on any atom is 0.317 e. The van der Waals surface area contributed by atoms with Crippen LogP contribution in [0.2, 0.25) is 0 Å². The molecule has 0 bridgehead atoms. The maximum absolute atomic E-state index is 12.4. The molecule has 2 amide bonds. The first-order valence-corrected chi connectivity index (χ1v) is 8.80. The van der Waals surface area contributed by atoms with Crippen molar-refractivity contribution in [1.29, 1.82) is 0 Å². The number of carbonyl (C=O) groups is 1. The second-order valence-electron chi connectivity index (χ2n) is 6.97. The first-order chi connectivity index (χ1) is 12.3. The molecule has 2 N–H and O–H groups in total. The normalized spacial score (nSPS) is 12.3. The summed E-state index contributed by atoms with van der Waals surface area (Å²) in [5.41, 5.74) is 5.16. The quantitative estimate of drug-likeness (QED) is 0.739. The Labute approximate surface area is 153 Å². The molecule has 1 atom stereocenters. The number of benzene rings is 1. The fourth-order valence-corrected chi connectivity index (χ4v) is 3.10. The van der Waals surface area contributed by atoms with Crippen molar-refractivity contribution in [3.8, 4) is 0 Å². The third-order valence-corrected chi connectivity index (χ3v) is 4.43. The number of nitrogens with zero attached hydrogens (tertiary/aromatic N) is 4. The van der Waals surface area contributed by atoms with Gasteiger partial charge in [-0.2, -0.15) is 5.10 Å². The van der Waals surface area contributed by atoms with Crippen molar-refractivity contribution in [3.63, 3.8) is 0 Å². The van der Waals surface area contributed by atoms with Crippen molar-refractivity contribution >= 4 is 17.1 Å². The molecule has 2 aromatic heterocycles. The Morgan fingerprint density at radius 3 is 2.77 bits per heavy atom. The van der Waals surface area contributed by atoms with E-state index in [1.54, 1.807) is 11.9 Å². The molecule has 0 aliphatic heterocycles. The molecule has 0 aliphatic carbocycles. The first-order valence-electron chi connectivity index (χ1n) is 8.80. The van der Waals surface area contributed by atoms with E-state index in [9.17, 15) is 4.79 Å². The maximum atomic E-state index is 12.4. The Balaban J connectivity index is 1.57. The lowest BCUT2D eigenvalue weighted by atomic mass is 10.2. The van der Waals surface area contributed by atoms with Gasteiger partial charge in [-0.15, -0.1) is 0 Å². The number of nitrogens with one attached hydrogen (secondary N) is 2. The number of rotatable bonds is 5. The number of amides is 2. The van der Waals surface area contributed by atoms with E-state index < -0.39 is 0 Å². The highest BCUT2D eigenvalue weighted by Gasteiger charge is 2.15. The molecule has 3 rings (SSSR count). The van der Waals surface area contributed by atoms with Crippen molar-refractivity contribution in [2.75, 3.05) is 13.6 Å². The van der Waals surface area contributed by atoms with Crippen molar-refractivity contribution in [2.24, 2.45) is 0 Å². The van der Waals surface area contributed by atoms with Crippen molar-refractivity contribution < 1.29 is 4.79 Å². The second-order valence-corrected chi connectivity index (χ2v) is 6.97. The molecule has 1 aromatic carbocycles. The van der Waals surface area contributed by atoms with Crippen LogP contribution in [-0.2, 0) is 6.54 Å². The standard InChI is InChI=1S/C19H26N6O/c1-12-6-7-16-17(8-12)22-18(21-16)11-24(5)19(26)20-10-15(4)25-14(3)9-13(2)23-25/h6-9,15H,10-11H2,1-5H3,(H,20,26)(H,21,22)/t15-/m1/s1. The number of hydrogen-bond donors (Lipinski definition) is 2. The van der Waals surface area contributed by atoms with Gasteiger partial charge in [-0.25, -0.2) is 9.78 Å². The van der Waals surface area contributed by atoms with Crippen LogP contribution >= 0.6 is 0 Å². The molecule has 7 heteroatoms. The summed E-state index contributed by atoms with van der Waals surface area (Å²) in [6.45, 7) is 9.02. The summed E-state index contributed by atoms with van der Waals surface area (Å²) in [6, 6.07) is 8.07. The summed E-state index contributed by atoms with van der Waals surface area (Å²) in [5, 5.41) is 7.43. The minimum Gasteiger partial charge on any atom is -0.340 e. The zero-order chi connectivity index (χ0) is 18.8. The van der Waals surface area contributed by atoms with Crippen LogP contribution in [0.1, 0.15) is 35.7 Å². The molecule has 2 heterocycles. The molecule has 7 nitrogen and oxygen atoms in total. The van der Waals surface area contributed by atoms with Gasteiger partial charge in [-0.1, -0.05) is 6.07 Å². The Morgan fingerprint density at radius 1 is 1.31 bits per heavy atom. The number of aryl methyl sites for hydroxylation is 3. The van der Waals surface area contributed by atoms with Crippen LogP contribution in [0.4, 0.5) is 4.79 Å². The van der Waals surface area contributed by atoms with Crippen molar-refractivity contribution in [1.82, 2.24) is 30.0 Å². The first kappa shape index (κ1) is 18.0. The number of fused-ring (bicyclic) bond motifs is 1. The van der Waals surface area contributed by atoms with Gasteiger partial charge in [0.1, 0.15) is 5.82 Å². The minimum atomic E-state index is -0.130. The molecule has 0 aliphatic rings. The van der Waals surface area contributed by atoms with E-state index in [0.717, 1.165) is 28.2 Å². The topological polar surface area (TPSA) is 78.8 Å². The molecular formula is C19H26N6O. The number of aromatic amines is 1. The number of imidazole rings is 1. The summed E-state index contributed by atoms with van der Waals surface area (Å²) in [7, 11) is 1.77. The average molecular weight is 354 g/mol. The van der Waals surface area contributed by atoms with Gasteiger partial charge in [-0.3, -0.25) is 4.68 Å². The van der Waals surface area contributed by atoms with Crippen LogP contribution in [0, 0.1) is 20.8 Å². The van der Waals surface area contributed by atoms with Crippen LogP contribution in [0.15, 0.2) is 24.3 Å². The van der Waals surface area contributed by atoms with Gasteiger partial charge in [0.25, 0.3) is 0 Å². The lowest BCUT2D eigenvalue weighted by molar-refractivity contribution is 0.204. The Morgan fingerprint density at radius 2 is 2.08 bits per heavy atom. The van der Waals surface area contributed by atoms with E-state index >= 15 is 0 Å². The van der Waals surface area contributed by atoms with E-state index in [0.29, 0.717) is 13.1 Å². The van der Waals surface area contributed by atoms with E-state index in [2.05, 4.69) is 26.4 Å². The Hall–Kier alpha value is -2.83. The summed E-state index contributed by atoms with van der Waals surface area (Å²) < 4.78 is 1.94. The van der Waals surface area contributed by atoms with Crippen LogP contribution in [-0.4, -0.2) is 44.3 Å². The molecule has 0 unspecified atom stereocenters. The molecule has 0 saturated heterocycles. The molecule has 0 radical (unpaired) electrons. The summed E-state index contributed by atoms with van der Waals surface area (Å²) >= 11 is 0. The van der Waals surface area contributed by atoms with Crippen molar-refractivity contribution in [2.45, 2.75) is 40.3 Å². The Kier molecular flexibility index (Phi) is 4.97. The van der Waals surface area contributed by atoms with Gasteiger partial charge in [0, 0.05) is 19.3 Å². The van der Waals surface area contributed by atoms with Crippen LogP contribution in [0.3, 0.4) is 0 Å². The number of hydrogen-bond acceptors (Lipinski definition) is 3. The zero-order valence-corrected chi connectivity index (χ0v) is 16.0. The molecule has 0 saturated carbocycles. The summed E-state index contributed by atoms with van der Waals surface area (Å²) in [6.07, 6.45) is 0. The second kappa shape index (κ2) is 7.19. The highest BCUT2D eigenvalue weighted by molar-refractivity contribution is 5.76. The molecule has 0 fully saturated rings. The molecule has 138 valence electrons. The summed E-state index contributed by atoms with van der Waals surface area (Å²) in [5.74, 6) is 0.773. The number of aromatic nitrogens is 4. The fraction of sp³-hybridized carbons (Fsp3) is 0.421. The fourth-order valence-electron chi connectivity index (χ4n) is 3.10. The van der Waals surface area contributed by atoms with Gasteiger partial charge in [0.05, 0.1) is 29.3 Å². The van der Waals surface area contributed by atoms with Gasteiger partial charge in [0.15, 0.2) is 0 Å². The van der Waals surface area contributed by atoms with Gasteiger partial charge < -0.3 is 15.2 Å². The predicted molar refractivity (Wildman–Crippen MR) is 102 cm³/mol. The highest BCUT2D eigenvalue weighted by atomic mass is 16.2. The SMILES string of the molecule is Cc1ccc2nc(CN(C)C(=O)NC[C@@H](C)n3nc(C)cc3C)[nH]c2c1. The van der Waals surface area contributed by atoms with E-state index in [1.165, 1.54) is 5.56 Å². The van der Waals surface area contributed by atoms with Crippen LogP contribution in [0.5, 0.6) is 0 Å². The van der Waals surface area contributed by atoms with Crippen molar-refractivity contribution in [3.05, 3.63) is 47.0 Å². The average Bonchev–Trinajstić information content (AvgIpc) is 3.13. The number of carbonyl (C=O) groups excluding carboxylic acids is 1. The largest absolute Gasteiger partial charge is 0.340 e. The third kappa shape index (κ3) is 3.87. The van der Waals surface area contributed by atoms with Crippen LogP contribution < -0.4 is 5.32 Å². The molecule has 26 heavy (non-hydrogen) atoms. The minimum absolute atomic E-state index is 0.0928. The van der Waals surface area contributed by atoms with Gasteiger partial charge >= 0.3 is 6.03 Å². The van der Waals surface area contributed by atoms with E-state index in [1.807, 2.05) is 50.6 Å². The van der Waals surface area contributed by atoms with Gasteiger partial charge in [0.2, 0.25) is 0 Å². The molecule has 3 aromatic rings. The molecular weight excluding hydrogens is 328 g/mol. The van der Waals surface area contributed by atoms with Gasteiger partial charge in [-0.05, 0) is 51.5 Å². The third-order valence-electron chi connectivity index (χ3n) is 4.43. The van der Waals surface area contributed by atoms with Crippen LogP contribution in [0.25, 0.3) is 11.0 Å². The highest BCUT2D eigenvalue weighted by Crippen LogP contribution is 2.14. The monoisotopic (exact) mass is 354 g/mol. The van der Waals surface area contributed by atoms with E-state index in [4.69, 9.17) is 0 Å². The zero-order valence-electron chi connectivity index (χ0n) is 16.0. The smallest absolute Gasteiger partial charge is 0.317 e. The lowest BCUT2D eigenvalue weighted by Gasteiger charge is -2.20. The lowest BCUT2D eigenvalue weighted by Crippen LogP contribution is -2.39. The molecule has 0 spiro atoms. The Bertz CT molecular complexity index is 925. The number of H-pyrrole nitrogens is 1. The number of urea groups is 1.